The lowest BCUT2D eigenvalue weighted by atomic mass is 10.1. The quantitative estimate of drug-likeness (QED) is 0.541. The molecule has 2 aromatic heterocycles. The Morgan fingerprint density at radius 3 is 2.57 bits per heavy atom. The van der Waals surface area contributed by atoms with Crippen molar-refractivity contribution in [2.24, 2.45) is 0 Å². The molecule has 0 atom stereocenters. The van der Waals surface area contributed by atoms with Crippen molar-refractivity contribution in [1.29, 1.82) is 0 Å². The number of alkyl halides is 3. The predicted molar refractivity (Wildman–Crippen MR) is 101 cm³/mol. The van der Waals surface area contributed by atoms with Crippen LogP contribution in [0.15, 0.2) is 66.7 Å². The second-order valence-corrected chi connectivity index (χ2v) is 6.23. The largest absolute Gasteiger partial charge is 0.573 e. The monoisotopic (exact) mass is 413 g/mol. The number of benzene rings is 2. The number of carbonyl (C=O) groups excluding carboxylic acids is 1. The fraction of sp³-hybridized carbons (Fsp3) is 0.100. The maximum absolute atomic E-state index is 12.4. The van der Waals surface area contributed by atoms with Gasteiger partial charge in [0.1, 0.15) is 5.75 Å². The Balaban J connectivity index is 1.51. The van der Waals surface area contributed by atoms with E-state index in [1.165, 1.54) is 16.6 Å². The van der Waals surface area contributed by atoms with Gasteiger partial charge in [0.05, 0.1) is 12.2 Å². The summed E-state index contributed by atoms with van der Waals surface area (Å²) in [5.74, 6) is -0.685. The first kappa shape index (κ1) is 19.4. The van der Waals surface area contributed by atoms with Gasteiger partial charge in [0, 0.05) is 11.1 Å². The first-order valence-corrected chi connectivity index (χ1v) is 8.80. The van der Waals surface area contributed by atoms with Crippen molar-refractivity contribution < 1.29 is 22.7 Å². The molecule has 152 valence electrons. The summed E-state index contributed by atoms with van der Waals surface area (Å²) in [5, 5.41) is 15.1. The van der Waals surface area contributed by atoms with Crippen molar-refractivity contribution in [1.82, 2.24) is 25.1 Å². The van der Waals surface area contributed by atoms with Gasteiger partial charge in [0.25, 0.3) is 5.91 Å². The third-order valence-electron chi connectivity index (χ3n) is 4.13. The molecule has 0 aliphatic heterocycles. The lowest BCUT2D eigenvalue weighted by Gasteiger charge is -2.10. The first-order chi connectivity index (χ1) is 14.4. The molecule has 10 heteroatoms. The number of aromatic nitrogens is 4. The predicted octanol–water partition coefficient (Wildman–Crippen LogP) is 3.62. The van der Waals surface area contributed by atoms with E-state index in [-0.39, 0.29) is 12.1 Å². The fourth-order valence-corrected chi connectivity index (χ4v) is 2.80. The summed E-state index contributed by atoms with van der Waals surface area (Å²) in [5.41, 5.74) is 2.13. The molecule has 1 N–H and O–H groups in total. The molecule has 0 spiro atoms. The number of nitrogens with zero attached hydrogens (tertiary/aromatic N) is 4. The smallest absolute Gasteiger partial charge is 0.406 e. The van der Waals surface area contributed by atoms with Crippen molar-refractivity contribution in [3.63, 3.8) is 0 Å². The molecule has 7 nitrogen and oxygen atoms in total. The van der Waals surface area contributed by atoms with Crippen LogP contribution in [-0.2, 0) is 6.54 Å². The molecule has 0 saturated heterocycles. The second-order valence-electron chi connectivity index (χ2n) is 6.23. The number of nitrogens with one attached hydrogen (secondary N) is 1. The molecule has 4 rings (SSSR count). The van der Waals surface area contributed by atoms with Crippen LogP contribution in [0.3, 0.4) is 0 Å². The number of halogens is 3. The van der Waals surface area contributed by atoms with Gasteiger partial charge in [-0.25, -0.2) is 0 Å². The van der Waals surface area contributed by atoms with Crippen LogP contribution in [0.5, 0.6) is 5.75 Å². The molecule has 0 unspecified atom stereocenters. The summed E-state index contributed by atoms with van der Waals surface area (Å²) in [6.45, 7) is -0.0183. The summed E-state index contributed by atoms with van der Waals surface area (Å²) in [7, 11) is 0. The topological polar surface area (TPSA) is 81.4 Å². The van der Waals surface area contributed by atoms with E-state index in [9.17, 15) is 18.0 Å². The number of rotatable bonds is 5. The van der Waals surface area contributed by atoms with E-state index < -0.39 is 18.0 Å². The number of carbonyl (C=O) groups is 1. The van der Waals surface area contributed by atoms with Crippen LogP contribution in [0.2, 0.25) is 0 Å². The van der Waals surface area contributed by atoms with E-state index >= 15 is 0 Å². The SMILES string of the molecule is O=C(NCc1nnc2ccc(-c3ccccc3)nn12)c1cccc(OC(F)(F)F)c1. The highest BCUT2D eigenvalue weighted by Crippen LogP contribution is 2.23. The standard InChI is InChI=1S/C20H14F3N5O2/c21-20(22,23)30-15-8-4-7-14(11-15)19(29)24-12-18-26-25-17-10-9-16(27-28(17)18)13-5-2-1-3-6-13/h1-11H,12H2,(H,24,29). The van der Waals surface area contributed by atoms with Gasteiger partial charge in [-0.1, -0.05) is 36.4 Å². The lowest BCUT2D eigenvalue weighted by Crippen LogP contribution is -2.24. The Hall–Kier alpha value is -3.95. The highest BCUT2D eigenvalue weighted by molar-refractivity contribution is 5.94. The van der Waals surface area contributed by atoms with Crippen LogP contribution >= 0.6 is 0 Å². The molecular formula is C20H14F3N5O2. The summed E-state index contributed by atoms with van der Waals surface area (Å²) < 4.78 is 42.4. The zero-order valence-corrected chi connectivity index (χ0v) is 15.3. The van der Waals surface area contributed by atoms with E-state index in [1.54, 1.807) is 6.07 Å². The second kappa shape index (κ2) is 7.82. The van der Waals surface area contributed by atoms with E-state index in [4.69, 9.17) is 0 Å². The van der Waals surface area contributed by atoms with Gasteiger partial charge >= 0.3 is 6.36 Å². The molecule has 2 heterocycles. The normalized spacial score (nSPS) is 11.4. The minimum atomic E-state index is -4.84. The van der Waals surface area contributed by atoms with Gasteiger partial charge in [-0.05, 0) is 30.3 Å². The highest BCUT2D eigenvalue weighted by atomic mass is 19.4. The maximum Gasteiger partial charge on any atom is 0.573 e. The van der Waals surface area contributed by atoms with Crippen LogP contribution in [0.25, 0.3) is 16.9 Å². The Morgan fingerprint density at radius 2 is 1.80 bits per heavy atom. The molecule has 0 aliphatic rings. The minimum Gasteiger partial charge on any atom is -0.406 e. The van der Waals surface area contributed by atoms with Crippen LogP contribution in [-0.4, -0.2) is 32.1 Å². The maximum atomic E-state index is 12.4. The average Bonchev–Trinajstić information content (AvgIpc) is 3.14. The van der Waals surface area contributed by atoms with E-state index in [0.717, 1.165) is 17.7 Å². The summed E-state index contributed by atoms with van der Waals surface area (Å²) >= 11 is 0. The molecular weight excluding hydrogens is 399 g/mol. The van der Waals surface area contributed by atoms with Crippen LogP contribution in [0.1, 0.15) is 16.2 Å². The Bertz CT molecular complexity index is 1190. The molecule has 1 amide bonds. The molecule has 0 saturated carbocycles. The first-order valence-electron chi connectivity index (χ1n) is 8.80. The Labute approximate surface area is 168 Å². The van der Waals surface area contributed by atoms with Gasteiger partial charge < -0.3 is 10.1 Å². The number of ether oxygens (including phenoxy) is 1. The third kappa shape index (κ3) is 4.37. The molecule has 0 aliphatic carbocycles. The number of amides is 1. The van der Waals surface area contributed by atoms with E-state index in [0.29, 0.717) is 17.2 Å². The van der Waals surface area contributed by atoms with Crippen LogP contribution < -0.4 is 10.1 Å². The van der Waals surface area contributed by atoms with Gasteiger partial charge in [-0.3, -0.25) is 4.79 Å². The molecule has 0 bridgehead atoms. The molecule has 0 radical (unpaired) electrons. The zero-order chi connectivity index (χ0) is 21.1. The van der Waals surface area contributed by atoms with E-state index in [1.807, 2.05) is 36.4 Å². The van der Waals surface area contributed by atoms with E-state index in [2.05, 4.69) is 25.3 Å². The fourth-order valence-electron chi connectivity index (χ4n) is 2.80. The van der Waals surface area contributed by atoms with Gasteiger partial charge in [-0.2, -0.15) is 9.61 Å². The lowest BCUT2D eigenvalue weighted by molar-refractivity contribution is -0.274. The average molecular weight is 413 g/mol. The number of fused-ring (bicyclic) bond motifs is 1. The molecule has 0 fully saturated rings. The van der Waals surface area contributed by atoms with Crippen molar-refractivity contribution >= 4 is 11.6 Å². The number of hydrogen-bond donors (Lipinski definition) is 1. The summed E-state index contributed by atoms with van der Waals surface area (Å²) in [6, 6.07) is 17.9. The van der Waals surface area contributed by atoms with Crippen molar-refractivity contribution in [2.45, 2.75) is 12.9 Å². The Kier molecular flexibility index (Phi) is 5.05. The molecule has 4 aromatic rings. The van der Waals surface area contributed by atoms with Crippen LogP contribution in [0, 0.1) is 0 Å². The van der Waals surface area contributed by atoms with Crippen molar-refractivity contribution in [3.8, 4) is 17.0 Å². The number of hydrogen-bond acceptors (Lipinski definition) is 5. The van der Waals surface area contributed by atoms with Gasteiger partial charge in [-0.15, -0.1) is 23.4 Å². The summed E-state index contributed by atoms with van der Waals surface area (Å²) in [4.78, 5) is 12.4. The third-order valence-corrected chi connectivity index (χ3v) is 4.13. The Morgan fingerprint density at radius 1 is 1.00 bits per heavy atom. The zero-order valence-electron chi connectivity index (χ0n) is 15.3. The van der Waals surface area contributed by atoms with Gasteiger partial charge in [0.2, 0.25) is 0 Å². The van der Waals surface area contributed by atoms with Crippen LogP contribution in [0.4, 0.5) is 13.2 Å². The highest BCUT2D eigenvalue weighted by Gasteiger charge is 2.31. The van der Waals surface area contributed by atoms with Crippen molar-refractivity contribution in [3.05, 3.63) is 78.1 Å². The van der Waals surface area contributed by atoms with Gasteiger partial charge in [0.15, 0.2) is 11.5 Å². The molecule has 2 aromatic carbocycles. The molecule has 30 heavy (non-hydrogen) atoms. The summed E-state index contributed by atoms with van der Waals surface area (Å²) in [6.07, 6.45) is -4.84. The minimum absolute atomic E-state index is 0.0171. The van der Waals surface area contributed by atoms with Crippen molar-refractivity contribution in [2.75, 3.05) is 0 Å².